The van der Waals surface area contributed by atoms with Gasteiger partial charge in [0.25, 0.3) is 0 Å². The molecule has 0 amide bonds. The topological polar surface area (TPSA) is 143 Å². The van der Waals surface area contributed by atoms with Crippen LogP contribution in [-0.2, 0) is 0 Å². The van der Waals surface area contributed by atoms with Crippen LogP contribution in [-0.4, -0.2) is 43.9 Å². The highest BCUT2D eigenvalue weighted by Crippen LogP contribution is 2.52. The zero-order valence-corrected chi connectivity index (χ0v) is 36.7. The third-order valence-corrected chi connectivity index (χ3v) is 11.6. The van der Waals surface area contributed by atoms with Gasteiger partial charge in [0.15, 0.2) is 17.8 Å². The fourth-order valence-electron chi connectivity index (χ4n) is 5.66. The van der Waals surface area contributed by atoms with Crippen LogP contribution in [0.5, 0.6) is 52.0 Å². The molecule has 0 saturated heterocycles. The average Bonchev–Trinajstić information content (AvgIpc) is 3.24. The first-order valence-electron chi connectivity index (χ1n) is 18.3. The van der Waals surface area contributed by atoms with Crippen LogP contribution in [0.3, 0.4) is 0 Å². The first-order valence-corrected chi connectivity index (χ1v) is 21.3. The number of nitrogens with zero attached hydrogens (tertiary/aromatic N) is 2. The average molecular weight is 869 g/mol. The standard InChI is InChI=1S/C44H42N2O11P2S/c1-27-17-30(4)43(56-58(54-41-15-10-33(26-48)23-45-41)52-36-13-9-32(25-47)21-29(36)3)39(19-27)60-40-20-28(2)18-31(5)44(40)57-59(55-42-16-12-35(50-7)24-46-42)53-37-14-11-34(49-6)22-38(37)51-8/h9-26H,1-8H3. The van der Waals surface area contributed by atoms with Crippen LogP contribution in [0.25, 0.3) is 0 Å². The molecule has 0 aliphatic rings. The molecule has 2 atom stereocenters. The highest BCUT2D eigenvalue weighted by Gasteiger charge is 2.28. The van der Waals surface area contributed by atoms with Crippen LogP contribution < -0.4 is 41.4 Å². The lowest BCUT2D eigenvalue weighted by Crippen LogP contribution is -2.06. The summed E-state index contributed by atoms with van der Waals surface area (Å²) in [5.74, 6) is 3.80. The Labute approximate surface area is 355 Å². The zero-order chi connectivity index (χ0) is 42.8. The number of aryl methyl sites for hydroxylation is 5. The summed E-state index contributed by atoms with van der Waals surface area (Å²) in [6.07, 6.45) is 4.40. The van der Waals surface area contributed by atoms with E-state index in [9.17, 15) is 9.59 Å². The van der Waals surface area contributed by atoms with Gasteiger partial charge in [-0.15, -0.1) is 0 Å². The molecule has 2 heterocycles. The second-order valence-corrected chi connectivity index (χ2v) is 16.2. The summed E-state index contributed by atoms with van der Waals surface area (Å²) in [5.41, 5.74) is 5.19. The molecule has 0 radical (unpaired) electrons. The van der Waals surface area contributed by atoms with E-state index in [0.717, 1.165) is 38.3 Å². The van der Waals surface area contributed by atoms with E-state index in [1.165, 1.54) is 31.3 Å². The van der Waals surface area contributed by atoms with Gasteiger partial charge in [0.05, 0.1) is 37.3 Å². The molecule has 0 aliphatic heterocycles. The van der Waals surface area contributed by atoms with Crippen molar-refractivity contribution in [1.29, 1.82) is 0 Å². The number of pyridine rings is 2. The van der Waals surface area contributed by atoms with Gasteiger partial charge in [-0.25, -0.2) is 9.97 Å². The Hall–Kier alpha value is -6.07. The van der Waals surface area contributed by atoms with Crippen molar-refractivity contribution in [1.82, 2.24) is 9.97 Å². The molecule has 0 spiro atoms. The number of hydrogen-bond acceptors (Lipinski definition) is 14. The van der Waals surface area contributed by atoms with Crippen molar-refractivity contribution in [3.8, 4) is 52.0 Å². The summed E-state index contributed by atoms with van der Waals surface area (Å²) in [7, 11) is 0.232. The van der Waals surface area contributed by atoms with Crippen molar-refractivity contribution in [2.45, 2.75) is 44.4 Å². The third-order valence-electron chi connectivity index (χ3n) is 8.55. The van der Waals surface area contributed by atoms with Crippen LogP contribution in [0.15, 0.2) is 107 Å². The van der Waals surface area contributed by atoms with Gasteiger partial charge in [0, 0.05) is 35.5 Å². The highest BCUT2D eigenvalue weighted by molar-refractivity contribution is 7.99. The van der Waals surface area contributed by atoms with Crippen LogP contribution in [0, 0.1) is 34.6 Å². The van der Waals surface area contributed by atoms with Crippen molar-refractivity contribution >= 4 is 41.5 Å². The Balaban J connectivity index is 1.37. The largest absolute Gasteiger partial charge is 0.531 e. The molecular formula is C44H42N2O11P2S. The highest BCUT2D eigenvalue weighted by atomic mass is 32.2. The van der Waals surface area contributed by atoms with Gasteiger partial charge in [-0.05, 0) is 117 Å². The lowest BCUT2D eigenvalue weighted by Gasteiger charge is -2.23. The molecule has 13 nitrogen and oxygen atoms in total. The Morgan fingerprint density at radius 1 is 0.483 bits per heavy atom. The molecule has 0 N–H and O–H groups in total. The van der Waals surface area contributed by atoms with E-state index >= 15 is 0 Å². The smallest absolute Gasteiger partial charge is 0.497 e. The van der Waals surface area contributed by atoms with Crippen LogP contribution >= 0.6 is 29.0 Å². The molecule has 16 heteroatoms. The van der Waals surface area contributed by atoms with Crippen LogP contribution in [0.1, 0.15) is 48.5 Å². The Morgan fingerprint density at radius 3 is 1.52 bits per heavy atom. The summed E-state index contributed by atoms with van der Waals surface area (Å²) >= 11 is 1.42. The molecule has 2 aromatic heterocycles. The summed E-state index contributed by atoms with van der Waals surface area (Å²) in [6.45, 7) is 9.70. The molecule has 6 rings (SSSR count). The monoisotopic (exact) mass is 868 g/mol. The van der Waals surface area contributed by atoms with Crippen molar-refractivity contribution in [3.63, 3.8) is 0 Å². The second-order valence-electron chi connectivity index (χ2n) is 13.2. The van der Waals surface area contributed by atoms with Crippen LogP contribution in [0.4, 0.5) is 0 Å². The number of benzene rings is 4. The predicted octanol–water partition coefficient (Wildman–Crippen LogP) is 11.3. The minimum Gasteiger partial charge on any atom is -0.497 e. The van der Waals surface area contributed by atoms with Crippen molar-refractivity contribution in [2.24, 2.45) is 0 Å². The minimum absolute atomic E-state index is 0.186. The summed E-state index contributed by atoms with van der Waals surface area (Å²) in [4.78, 5) is 33.0. The lowest BCUT2D eigenvalue weighted by molar-refractivity contribution is 0.111. The number of aromatic nitrogens is 2. The van der Waals surface area contributed by atoms with E-state index in [1.807, 2.05) is 58.9 Å². The van der Waals surface area contributed by atoms with E-state index in [2.05, 4.69) is 9.97 Å². The first-order chi connectivity index (χ1) is 29.0. The summed E-state index contributed by atoms with van der Waals surface area (Å²) < 4.78 is 55.0. The maximum absolute atomic E-state index is 11.5. The van der Waals surface area contributed by atoms with E-state index < -0.39 is 17.2 Å². The molecular weight excluding hydrogens is 827 g/mol. The molecule has 2 unspecified atom stereocenters. The predicted molar refractivity (Wildman–Crippen MR) is 230 cm³/mol. The molecule has 60 heavy (non-hydrogen) atoms. The zero-order valence-electron chi connectivity index (χ0n) is 34.1. The number of hydrogen-bond donors (Lipinski definition) is 0. The Morgan fingerprint density at radius 2 is 1.02 bits per heavy atom. The second kappa shape index (κ2) is 20.3. The van der Waals surface area contributed by atoms with Gasteiger partial charge < -0.3 is 41.4 Å². The van der Waals surface area contributed by atoms with E-state index in [-0.39, 0.29) is 11.8 Å². The number of rotatable bonds is 19. The lowest BCUT2D eigenvalue weighted by atomic mass is 10.1. The molecule has 6 aromatic rings. The minimum atomic E-state index is -2.21. The van der Waals surface area contributed by atoms with Gasteiger partial charge in [0.1, 0.15) is 35.0 Å². The molecule has 310 valence electrons. The van der Waals surface area contributed by atoms with E-state index in [0.29, 0.717) is 63.2 Å². The maximum Gasteiger partial charge on any atom is 0.531 e. The molecule has 0 saturated carbocycles. The number of methoxy groups -OCH3 is 3. The van der Waals surface area contributed by atoms with Crippen molar-refractivity contribution < 1.29 is 50.9 Å². The number of carbonyl (C=O) groups excluding carboxylic acids is 2. The first kappa shape index (κ1) is 43.5. The molecule has 0 fully saturated rings. The molecule has 0 aliphatic carbocycles. The fraction of sp³-hybridized carbons (Fsp3) is 0.182. The summed E-state index contributed by atoms with van der Waals surface area (Å²) in [5, 5.41) is 0. The Bertz CT molecular complexity index is 2450. The van der Waals surface area contributed by atoms with E-state index in [4.69, 9.17) is 41.4 Å². The third kappa shape index (κ3) is 11.1. The molecule has 0 bridgehead atoms. The number of carbonyl (C=O) groups is 2. The number of ether oxygens (including phenoxy) is 3. The van der Waals surface area contributed by atoms with Crippen molar-refractivity contribution in [3.05, 3.63) is 136 Å². The molecule has 4 aromatic carbocycles. The quantitative estimate of drug-likeness (QED) is 0.0562. The van der Waals surface area contributed by atoms with Crippen LogP contribution in [0.2, 0.25) is 0 Å². The van der Waals surface area contributed by atoms with Gasteiger partial charge in [-0.1, -0.05) is 23.9 Å². The normalized spacial score (nSPS) is 11.7. The van der Waals surface area contributed by atoms with Gasteiger partial charge in [-0.3, -0.25) is 9.59 Å². The van der Waals surface area contributed by atoms with Gasteiger partial charge in [0.2, 0.25) is 11.8 Å². The van der Waals surface area contributed by atoms with Gasteiger partial charge in [-0.2, -0.15) is 0 Å². The van der Waals surface area contributed by atoms with Gasteiger partial charge >= 0.3 is 17.2 Å². The SMILES string of the molecule is COc1ccc(OP(Oc2ccc(OC)cc2OC)Oc2c(C)cc(C)cc2Sc2cc(C)cc(C)c2OP(Oc2ccc(C=O)cn2)Oc2ccc(C=O)cc2C)nc1. The van der Waals surface area contributed by atoms with Crippen molar-refractivity contribution in [2.75, 3.05) is 21.3 Å². The maximum atomic E-state index is 11.5. The number of aldehydes is 2. The fourth-order valence-corrected chi connectivity index (χ4v) is 9.31. The Kier molecular flexibility index (Phi) is 14.7. The van der Waals surface area contributed by atoms with E-state index in [1.54, 1.807) is 74.9 Å². The summed E-state index contributed by atoms with van der Waals surface area (Å²) in [6, 6.07) is 24.8.